The molecule has 0 aliphatic carbocycles. The van der Waals surface area contributed by atoms with Gasteiger partial charge in [-0.1, -0.05) is 0 Å². The number of hydrogen-bond donors (Lipinski definition) is 1. The molecule has 8 nitrogen and oxygen atoms in total. The maximum absolute atomic E-state index is 11.0. The van der Waals surface area contributed by atoms with Crippen LogP contribution in [-0.4, -0.2) is 46.3 Å². The van der Waals surface area contributed by atoms with Crippen molar-refractivity contribution in [3.63, 3.8) is 0 Å². The first-order valence-corrected chi connectivity index (χ1v) is 6.50. The zero-order chi connectivity index (χ0) is 14.9. The summed E-state index contributed by atoms with van der Waals surface area (Å²) in [6.07, 6.45) is 2.67. The fraction of sp³-hybridized carbons (Fsp3) is 0.455. The molecule has 0 spiro atoms. The van der Waals surface area contributed by atoms with Gasteiger partial charge < -0.3 is 14.7 Å². The van der Waals surface area contributed by atoms with Crippen LogP contribution < -0.4 is 4.90 Å². The number of hydrogen-bond acceptors (Lipinski definition) is 6. The Kier molecular flexibility index (Phi) is 3.91. The van der Waals surface area contributed by atoms with Gasteiger partial charge >= 0.3 is 11.7 Å². The van der Waals surface area contributed by atoms with Gasteiger partial charge in [0.05, 0.1) is 9.40 Å². The predicted molar refractivity (Wildman–Crippen MR) is 72.8 cm³/mol. The third-order valence-electron chi connectivity index (χ3n) is 2.96. The van der Waals surface area contributed by atoms with Crippen molar-refractivity contribution < 1.29 is 19.6 Å². The lowest BCUT2D eigenvalue weighted by molar-refractivity contribution is -0.384. The molecule has 9 heteroatoms. The number of nitrogens with zero attached hydrogens (tertiary/aromatic N) is 3. The van der Waals surface area contributed by atoms with Crippen molar-refractivity contribution in [1.29, 1.82) is 0 Å². The highest BCUT2D eigenvalue weighted by Gasteiger charge is 2.43. The van der Waals surface area contributed by atoms with Crippen molar-refractivity contribution in [1.82, 2.24) is 4.98 Å². The summed E-state index contributed by atoms with van der Waals surface area (Å²) in [5.41, 5.74) is -0.282. The van der Waals surface area contributed by atoms with E-state index in [1.54, 1.807) is 11.8 Å². The summed E-state index contributed by atoms with van der Waals surface area (Å²) in [5.74, 6) is -1.04. The van der Waals surface area contributed by atoms with E-state index in [9.17, 15) is 14.9 Å². The van der Waals surface area contributed by atoms with Gasteiger partial charge in [-0.05, 0) is 22.9 Å². The lowest BCUT2D eigenvalue weighted by Crippen LogP contribution is -2.62. The molecular weight excluding hydrogens is 334 g/mol. The molecule has 1 aliphatic rings. The topological polar surface area (TPSA) is 106 Å². The number of pyridine rings is 1. The Morgan fingerprint density at radius 3 is 2.85 bits per heavy atom. The zero-order valence-corrected chi connectivity index (χ0v) is 12.2. The first-order chi connectivity index (χ1) is 9.32. The second kappa shape index (κ2) is 5.33. The lowest BCUT2D eigenvalue weighted by Gasteiger charge is -2.48. The summed E-state index contributed by atoms with van der Waals surface area (Å²) in [7, 11) is 0. The van der Waals surface area contributed by atoms with Crippen LogP contribution in [0.5, 0.6) is 0 Å². The molecule has 0 unspecified atom stereocenters. The molecule has 1 saturated heterocycles. The Hall–Kier alpha value is -1.74. The fourth-order valence-corrected chi connectivity index (χ4v) is 2.68. The van der Waals surface area contributed by atoms with Gasteiger partial charge in [0, 0.05) is 19.3 Å². The summed E-state index contributed by atoms with van der Waals surface area (Å²) in [6.45, 7) is 2.14. The van der Waals surface area contributed by atoms with Gasteiger partial charge in [-0.2, -0.15) is 0 Å². The molecule has 0 atom stereocenters. The smallest absolute Gasteiger partial charge is 0.329 e. The molecule has 0 radical (unpaired) electrons. The third-order valence-corrected chi connectivity index (χ3v) is 3.54. The average Bonchev–Trinajstić information content (AvgIpc) is 2.33. The highest BCUT2D eigenvalue weighted by molar-refractivity contribution is 9.10. The summed E-state index contributed by atoms with van der Waals surface area (Å²) in [5, 5.41) is 19.6. The molecular formula is C11H12BrN3O5. The standard InChI is InChI=1S/C11H12BrN3O5/c1-11(20-4-9(16)17)5-14(6-11)10-7(12)2-13-3-8(10)15(18)19/h2-3H,4-6H2,1H3,(H,16,17). The number of carboxylic acids is 1. The number of rotatable bonds is 5. The molecule has 20 heavy (non-hydrogen) atoms. The molecule has 0 aromatic carbocycles. The van der Waals surface area contributed by atoms with E-state index in [-0.39, 0.29) is 12.3 Å². The summed E-state index contributed by atoms with van der Waals surface area (Å²) < 4.78 is 5.80. The molecule has 2 rings (SSSR count). The van der Waals surface area contributed by atoms with Crippen molar-refractivity contribution in [3.05, 3.63) is 27.0 Å². The van der Waals surface area contributed by atoms with Crippen LogP contribution >= 0.6 is 15.9 Å². The van der Waals surface area contributed by atoms with E-state index in [4.69, 9.17) is 9.84 Å². The highest BCUT2D eigenvalue weighted by Crippen LogP contribution is 2.40. The third kappa shape index (κ3) is 2.88. The van der Waals surface area contributed by atoms with E-state index < -0.39 is 16.5 Å². The molecule has 0 saturated carbocycles. The molecule has 1 fully saturated rings. The Morgan fingerprint density at radius 2 is 2.30 bits per heavy atom. The number of ether oxygens (including phenoxy) is 1. The van der Waals surface area contributed by atoms with E-state index in [1.807, 2.05) is 0 Å². The van der Waals surface area contributed by atoms with Gasteiger partial charge in [0.25, 0.3) is 0 Å². The normalized spacial score (nSPS) is 16.6. The maximum Gasteiger partial charge on any atom is 0.329 e. The number of aromatic nitrogens is 1. The Bertz CT molecular complexity index is 559. The van der Waals surface area contributed by atoms with Crippen molar-refractivity contribution in [2.45, 2.75) is 12.5 Å². The van der Waals surface area contributed by atoms with Crippen LogP contribution in [0.1, 0.15) is 6.92 Å². The van der Waals surface area contributed by atoms with E-state index >= 15 is 0 Å². The fourth-order valence-electron chi connectivity index (χ4n) is 2.11. The summed E-state index contributed by atoms with van der Waals surface area (Å²) in [6, 6.07) is 0. The van der Waals surface area contributed by atoms with Crippen molar-refractivity contribution in [2.24, 2.45) is 0 Å². The number of carboxylic acid groups (broad SMARTS) is 1. The molecule has 1 N–H and O–H groups in total. The van der Waals surface area contributed by atoms with E-state index in [0.717, 1.165) is 0 Å². The van der Waals surface area contributed by atoms with Crippen LogP contribution in [0, 0.1) is 10.1 Å². The van der Waals surface area contributed by atoms with Gasteiger partial charge in [0.15, 0.2) is 0 Å². The second-order valence-corrected chi connectivity index (χ2v) is 5.59. The Morgan fingerprint density at radius 1 is 1.65 bits per heavy atom. The minimum absolute atomic E-state index is 0.0975. The average molecular weight is 346 g/mol. The minimum atomic E-state index is -1.04. The second-order valence-electron chi connectivity index (χ2n) is 4.73. The van der Waals surface area contributed by atoms with E-state index in [2.05, 4.69) is 20.9 Å². The number of carbonyl (C=O) groups is 1. The van der Waals surface area contributed by atoms with Gasteiger partial charge in [0.1, 0.15) is 24.1 Å². The number of halogens is 1. The molecule has 2 heterocycles. The molecule has 0 amide bonds. The number of nitro groups is 1. The van der Waals surface area contributed by atoms with Crippen molar-refractivity contribution in [3.8, 4) is 0 Å². The molecule has 108 valence electrons. The Balaban J connectivity index is 2.13. The van der Waals surface area contributed by atoms with Crippen LogP contribution in [-0.2, 0) is 9.53 Å². The minimum Gasteiger partial charge on any atom is -0.480 e. The zero-order valence-electron chi connectivity index (χ0n) is 10.6. The van der Waals surface area contributed by atoms with Crippen molar-refractivity contribution in [2.75, 3.05) is 24.6 Å². The molecule has 1 aromatic rings. The van der Waals surface area contributed by atoms with Crippen LogP contribution in [0.25, 0.3) is 0 Å². The van der Waals surface area contributed by atoms with Crippen LogP contribution in [0.2, 0.25) is 0 Å². The van der Waals surface area contributed by atoms with Crippen LogP contribution in [0.3, 0.4) is 0 Å². The number of anilines is 1. The Labute approximate surface area is 122 Å². The van der Waals surface area contributed by atoms with Crippen LogP contribution in [0.4, 0.5) is 11.4 Å². The van der Waals surface area contributed by atoms with Gasteiger partial charge in [-0.15, -0.1) is 0 Å². The molecule has 0 bridgehead atoms. The van der Waals surface area contributed by atoms with Gasteiger partial charge in [0.2, 0.25) is 0 Å². The number of aliphatic carboxylic acids is 1. The summed E-state index contributed by atoms with van der Waals surface area (Å²) >= 11 is 3.25. The van der Waals surface area contributed by atoms with Gasteiger partial charge in [-0.3, -0.25) is 15.1 Å². The van der Waals surface area contributed by atoms with Crippen molar-refractivity contribution >= 4 is 33.3 Å². The lowest BCUT2D eigenvalue weighted by atomic mass is 9.95. The maximum atomic E-state index is 11.0. The highest BCUT2D eigenvalue weighted by atomic mass is 79.9. The largest absolute Gasteiger partial charge is 0.480 e. The van der Waals surface area contributed by atoms with Gasteiger partial charge in [-0.25, -0.2) is 4.79 Å². The predicted octanol–water partition coefficient (Wildman–Crippen LogP) is 1.43. The molecule has 1 aliphatic heterocycles. The van der Waals surface area contributed by atoms with Crippen LogP contribution in [0.15, 0.2) is 16.9 Å². The quantitative estimate of drug-likeness (QED) is 0.635. The van der Waals surface area contributed by atoms with E-state index in [0.29, 0.717) is 23.2 Å². The first-order valence-electron chi connectivity index (χ1n) is 5.71. The monoisotopic (exact) mass is 345 g/mol. The summed E-state index contributed by atoms with van der Waals surface area (Å²) in [4.78, 5) is 26.5. The first kappa shape index (κ1) is 14.7. The SMILES string of the molecule is CC1(OCC(=O)O)CN(c2c(Br)cncc2[N+](=O)[O-])C1. The van der Waals surface area contributed by atoms with E-state index in [1.165, 1.54) is 12.4 Å². The molecule has 1 aromatic heterocycles.